The highest BCUT2D eigenvalue weighted by molar-refractivity contribution is 5.97. The minimum atomic E-state index is -1.45. The van der Waals surface area contributed by atoms with Gasteiger partial charge in [0.15, 0.2) is 0 Å². The van der Waals surface area contributed by atoms with E-state index in [2.05, 4.69) is 22.5 Å². The Hall–Kier alpha value is -4.93. The molecule has 0 unspecified atom stereocenters. The van der Waals surface area contributed by atoms with Crippen LogP contribution in [0.2, 0.25) is 0 Å². The number of nitrogens with one attached hydrogen (secondary N) is 3. The average molecular weight is 634 g/mol. The predicted octanol–water partition coefficient (Wildman–Crippen LogP) is 4.01. The van der Waals surface area contributed by atoms with Crippen molar-refractivity contribution in [2.75, 3.05) is 6.61 Å². The molecule has 0 aromatic heterocycles. The molecule has 0 saturated carbocycles. The van der Waals surface area contributed by atoms with Crippen molar-refractivity contribution in [2.45, 2.75) is 77.8 Å². The van der Waals surface area contributed by atoms with Crippen molar-refractivity contribution in [3.63, 3.8) is 0 Å². The van der Waals surface area contributed by atoms with E-state index in [0.29, 0.717) is 12.0 Å². The van der Waals surface area contributed by atoms with Gasteiger partial charge in [0.1, 0.15) is 36.9 Å². The Balaban J connectivity index is 1.86. The largest absolute Gasteiger partial charge is 0.460 e. The molecule has 1 aliphatic rings. The molecule has 2 aromatic rings. The lowest BCUT2D eigenvalue weighted by Crippen LogP contribution is -2.57. The minimum absolute atomic E-state index is 0.0308. The molecule has 0 heterocycles. The van der Waals surface area contributed by atoms with Crippen LogP contribution < -0.4 is 16.0 Å². The van der Waals surface area contributed by atoms with Gasteiger partial charge in [0.2, 0.25) is 11.8 Å². The molecule has 3 rings (SSSR count). The van der Waals surface area contributed by atoms with E-state index in [4.69, 9.17) is 14.2 Å². The standard InChI is InChI=1S/C35H43N3O8/c1-7-17-44-33(42)29(22(2)3)37-32(41)30(26-18-24-15-11-12-16-25(24)19-26)38-31(40)27(20-28(39)46-35(4,5)6)36-34(43)45-21-23-13-9-8-10-14-23/h7-16,18,22,27,29-30H,1,17,19-21H2,2-6H3,(H,36,43)(H,37,41)(H,38,40)/t27-,29-,30-/m0/s1. The van der Waals surface area contributed by atoms with Crippen LogP contribution in [0.15, 0.2) is 72.8 Å². The normalized spacial score (nSPS) is 14.1. The van der Waals surface area contributed by atoms with Crippen LogP contribution in [0.1, 0.15) is 57.7 Å². The summed E-state index contributed by atoms with van der Waals surface area (Å²) in [5.74, 6) is -3.22. The van der Waals surface area contributed by atoms with E-state index in [0.717, 1.165) is 16.7 Å². The fourth-order valence-electron chi connectivity index (χ4n) is 4.69. The number of rotatable bonds is 14. The predicted molar refractivity (Wildman–Crippen MR) is 172 cm³/mol. The smallest absolute Gasteiger partial charge is 0.408 e. The Labute approximate surface area is 269 Å². The van der Waals surface area contributed by atoms with Crippen molar-refractivity contribution >= 4 is 35.9 Å². The maximum absolute atomic E-state index is 13.8. The van der Waals surface area contributed by atoms with E-state index in [1.54, 1.807) is 65.0 Å². The summed E-state index contributed by atoms with van der Waals surface area (Å²) in [6.45, 7) is 12.0. The zero-order valence-electron chi connectivity index (χ0n) is 27.0. The van der Waals surface area contributed by atoms with Crippen molar-refractivity contribution in [1.82, 2.24) is 16.0 Å². The summed E-state index contributed by atoms with van der Waals surface area (Å²) in [6.07, 6.45) is 2.10. The third-order valence-electron chi connectivity index (χ3n) is 6.88. The van der Waals surface area contributed by atoms with Gasteiger partial charge in [-0.25, -0.2) is 9.59 Å². The third kappa shape index (κ3) is 10.9. The topological polar surface area (TPSA) is 149 Å². The first-order valence-corrected chi connectivity index (χ1v) is 15.1. The molecule has 0 bridgehead atoms. The number of hydrogen-bond donors (Lipinski definition) is 3. The number of ether oxygens (including phenoxy) is 3. The molecule has 0 fully saturated rings. The molecule has 3 N–H and O–H groups in total. The Kier molecular flexibility index (Phi) is 12.7. The highest BCUT2D eigenvalue weighted by Crippen LogP contribution is 2.27. The lowest BCUT2D eigenvalue weighted by Gasteiger charge is -2.27. The summed E-state index contributed by atoms with van der Waals surface area (Å²) in [4.78, 5) is 66.0. The Bertz CT molecular complexity index is 1450. The molecular formula is C35H43N3O8. The van der Waals surface area contributed by atoms with Gasteiger partial charge in [-0.3, -0.25) is 14.4 Å². The van der Waals surface area contributed by atoms with Gasteiger partial charge >= 0.3 is 18.0 Å². The second-order valence-electron chi connectivity index (χ2n) is 12.2. The molecule has 46 heavy (non-hydrogen) atoms. The van der Waals surface area contributed by atoms with Gasteiger partial charge < -0.3 is 30.2 Å². The monoisotopic (exact) mass is 633 g/mol. The molecule has 0 radical (unpaired) electrons. The van der Waals surface area contributed by atoms with Crippen molar-refractivity contribution in [3.8, 4) is 0 Å². The van der Waals surface area contributed by atoms with Crippen LogP contribution in [0.3, 0.4) is 0 Å². The van der Waals surface area contributed by atoms with Gasteiger partial charge in [0, 0.05) is 0 Å². The zero-order chi connectivity index (χ0) is 33.9. The number of carbonyl (C=O) groups is 5. The molecular weight excluding hydrogens is 590 g/mol. The molecule has 11 heteroatoms. The van der Waals surface area contributed by atoms with E-state index < -0.39 is 60.0 Å². The maximum atomic E-state index is 13.8. The van der Waals surface area contributed by atoms with Gasteiger partial charge in [-0.05, 0) is 55.4 Å². The van der Waals surface area contributed by atoms with Crippen LogP contribution >= 0.6 is 0 Å². The van der Waals surface area contributed by atoms with E-state index in [-0.39, 0.29) is 19.1 Å². The van der Waals surface area contributed by atoms with E-state index >= 15 is 0 Å². The van der Waals surface area contributed by atoms with Crippen molar-refractivity contribution < 1.29 is 38.2 Å². The van der Waals surface area contributed by atoms with E-state index in [1.807, 2.05) is 30.3 Å². The zero-order valence-corrected chi connectivity index (χ0v) is 27.0. The molecule has 2 aromatic carbocycles. The van der Waals surface area contributed by atoms with Gasteiger partial charge in [0.05, 0.1) is 6.42 Å². The molecule has 1 aliphatic carbocycles. The first kappa shape index (κ1) is 35.5. The van der Waals surface area contributed by atoms with Crippen LogP contribution in [0.5, 0.6) is 0 Å². The van der Waals surface area contributed by atoms with Crippen molar-refractivity contribution in [1.29, 1.82) is 0 Å². The molecule has 246 valence electrons. The summed E-state index contributed by atoms with van der Waals surface area (Å²) in [7, 11) is 0. The lowest BCUT2D eigenvalue weighted by molar-refractivity contribution is -0.156. The molecule has 0 spiro atoms. The van der Waals surface area contributed by atoms with Crippen LogP contribution in [0.25, 0.3) is 6.08 Å². The number of hydrogen-bond acceptors (Lipinski definition) is 8. The summed E-state index contributed by atoms with van der Waals surface area (Å²) in [5, 5.41) is 7.87. The number of alkyl carbamates (subject to hydrolysis) is 1. The number of amides is 3. The molecule has 0 aliphatic heterocycles. The Morgan fingerprint density at radius 1 is 0.891 bits per heavy atom. The summed E-state index contributed by atoms with van der Waals surface area (Å²) >= 11 is 0. The van der Waals surface area contributed by atoms with E-state index in [9.17, 15) is 24.0 Å². The Morgan fingerprint density at radius 2 is 1.57 bits per heavy atom. The first-order chi connectivity index (χ1) is 21.8. The van der Waals surface area contributed by atoms with Gasteiger partial charge in [-0.1, -0.05) is 87.2 Å². The first-order valence-electron chi connectivity index (χ1n) is 15.1. The molecule has 0 saturated heterocycles. The van der Waals surface area contributed by atoms with Crippen LogP contribution in [-0.2, 0) is 46.4 Å². The maximum Gasteiger partial charge on any atom is 0.408 e. The van der Waals surface area contributed by atoms with E-state index in [1.165, 1.54) is 6.08 Å². The second kappa shape index (κ2) is 16.4. The van der Waals surface area contributed by atoms with Gasteiger partial charge in [-0.2, -0.15) is 0 Å². The summed E-state index contributed by atoms with van der Waals surface area (Å²) in [6, 6.07) is 12.8. The van der Waals surface area contributed by atoms with Gasteiger partial charge in [0.25, 0.3) is 0 Å². The SMILES string of the molecule is C=CCOC(=O)[C@@H](NC(=O)[C@@H](NC(=O)[C@H](CC(=O)OC(C)(C)C)NC(=O)OCc1ccccc1)C1=Cc2ccccc2C1)C(C)C. The highest BCUT2D eigenvalue weighted by atomic mass is 16.6. The third-order valence-corrected chi connectivity index (χ3v) is 6.88. The minimum Gasteiger partial charge on any atom is -0.460 e. The highest BCUT2D eigenvalue weighted by Gasteiger charge is 2.36. The fourth-order valence-corrected chi connectivity index (χ4v) is 4.69. The average Bonchev–Trinajstić information content (AvgIpc) is 3.43. The fraction of sp³-hybridized carbons (Fsp3) is 0.400. The summed E-state index contributed by atoms with van der Waals surface area (Å²) in [5.41, 5.74) is 2.26. The van der Waals surface area contributed by atoms with Crippen molar-refractivity contribution in [3.05, 3.63) is 89.5 Å². The molecule has 3 amide bonds. The van der Waals surface area contributed by atoms with Crippen LogP contribution in [0.4, 0.5) is 4.79 Å². The van der Waals surface area contributed by atoms with Crippen LogP contribution in [0, 0.1) is 5.92 Å². The lowest BCUT2D eigenvalue weighted by atomic mass is 10.00. The number of esters is 2. The molecule has 11 nitrogen and oxygen atoms in total. The number of carbonyl (C=O) groups excluding carboxylic acids is 5. The quantitative estimate of drug-likeness (QED) is 0.161. The summed E-state index contributed by atoms with van der Waals surface area (Å²) < 4.78 is 15.9. The van der Waals surface area contributed by atoms with Gasteiger partial charge in [-0.15, -0.1) is 0 Å². The number of fused-ring (bicyclic) bond motifs is 1. The van der Waals surface area contributed by atoms with Crippen LogP contribution in [-0.4, -0.2) is 60.2 Å². The molecule has 3 atom stereocenters. The number of benzene rings is 2. The Morgan fingerprint density at radius 3 is 2.20 bits per heavy atom. The second-order valence-corrected chi connectivity index (χ2v) is 12.2. The van der Waals surface area contributed by atoms with Crippen molar-refractivity contribution in [2.24, 2.45) is 5.92 Å².